The van der Waals surface area contributed by atoms with Gasteiger partial charge in [-0.05, 0) is 25.1 Å². The maximum absolute atomic E-state index is 4.45. The minimum Gasteiger partial charge on any atom is -0.293 e. The van der Waals surface area contributed by atoms with Crippen LogP contribution in [0.2, 0.25) is 0 Å². The van der Waals surface area contributed by atoms with Gasteiger partial charge in [-0.2, -0.15) is 5.10 Å². The Balaban J connectivity index is 1.91. The van der Waals surface area contributed by atoms with Crippen LogP contribution in [0.25, 0.3) is 0 Å². The van der Waals surface area contributed by atoms with E-state index in [9.17, 15) is 0 Å². The van der Waals surface area contributed by atoms with E-state index in [1.54, 1.807) is 11.0 Å². The molecule has 0 aliphatic rings. The maximum atomic E-state index is 4.45. The second-order valence-electron chi connectivity index (χ2n) is 4.52. The summed E-state index contributed by atoms with van der Waals surface area (Å²) in [7, 11) is 3.92. The quantitative estimate of drug-likeness (QED) is 0.799. The van der Waals surface area contributed by atoms with Crippen LogP contribution >= 0.6 is 0 Å². The molecule has 0 bridgehead atoms. The van der Waals surface area contributed by atoms with Gasteiger partial charge in [0.25, 0.3) is 0 Å². The van der Waals surface area contributed by atoms with Crippen LogP contribution in [0.15, 0.2) is 24.7 Å². The summed E-state index contributed by atoms with van der Waals surface area (Å²) >= 11 is 0. The van der Waals surface area contributed by atoms with Gasteiger partial charge >= 0.3 is 0 Å². The van der Waals surface area contributed by atoms with Gasteiger partial charge in [-0.3, -0.25) is 14.6 Å². The molecule has 0 aliphatic heterocycles. The van der Waals surface area contributed by atoms with E-state index in [2.05, 4.69) is 39.0 Å². The Morgan fingerprint density at radius 3 is 2.61 bits per heavy atom. The largest absolute Gasteiger partial charge is 0.293 e. The van der Waals surface area contributed by atoms with E-state index in [0.29, 0.717) is 0 Å². The van der Waals surface area contributed by atoms with Crippen LogP contribution in [0.4, 0.5) is 0 Å². The Morgan fingerprint density at radius 1 is 1.22 bits per heavy atom. The molecule has 2 rings (SSSR count). The zero-order valence-electron chi connectivity index (χ0n) is 11.2. The van der Waals surface area contributed by atoms with Crippen molar-refractivity contribution >= 4 is 0 Å². The molecule has 0 aromatic carbocycles. The first-order chi connectivity index (χ1) is 8.67. The molecule has 5 nitrogen and oxygen atoms in total. The predicted molar refractivity (Wildman–Crippen MR) is 69.8 cm³/mol. The monoisotopic (exact) mass is 245 g/mol. The molecule has 0 radical (unpaired) electrons. The number of hydrogen-bond donors (Lipinski definition) is 0. The molecule has 0 N–H and O–H groups in total. The summed E-state index contributed by atoms with van der Waals surface area (Å²) in [5.74, 6) is 0.838. The summed E-state index contributed by atoms with van der Waals surface area (Å²) in [6.07, 6.45) is 4.70. The molecule has 0 atom stereocenters. The second-order valence-corrected chi connectivity index (χ2v) is 4.52. The van der Waals surface area contributed by atoms with Crippen LogP contribution in [-0.2, 0) is 26.6 Å². The number of aromatic nitrogens is 4. The van der Waals surface area contributed by atoms with Crippen molar-refractivity contribution in [3.8, 4) is 0 Å². The Labute approximate surface area is 107 Å². The highest BCUT2D eigenvalue weighted by molar-refractivity contribution is 5.13. The van der Waals surface area contributed by atoms with Crippen molar-refractivity contribution in [3.63, 3.8) is 0 Å². The highest BCUT2D eigenvalue weighted by Gasteiger charge is 2.05. The maximum Gasteiger partial charge on any atom is 0.164 e. The van der Waals surface area contributed by atoms with E-state index in [1.165, 1.54) is 5.56 Å². The third-order valence-corrected chi connectivity index (χ3v) is 2.78. The van der Waals surface area contributed by atoms with E-state index in [0.717, 1.165) is 31.0 Å². The van der Waals surface area contributed by atoms with Crippen molar-refractivity contribution in [3.05, 3.63) is 41.7 Å². The predicted octanol–water partition coefficient (Wildman–Crippen LogP) is 1.40. The molecular formula is C13H19N5. The minimum absolute atomic E-state index is 0.734. The summed E-state index contributed by atoms with van der Waals surface area (Å²) in [6.45, 7) is 3.68. The number of aryl methyl sites for hydroxylation is 2. The molecule has 18 heavy (non-hydrogen) atoms. The fourth-order valence-electron chi connectivity index (χ4n) is 1.79. The van der Waals surface area contributed by atoms with E-state index < -0.39 is 0 Å². The first-order valence-corrected chi connectivity index (χ1v) is 6.14. The zero-order valence-corrected chi connectivity index (χ0v) is 11.2. The molecule has 0 aliphatic carbocycles. The zero-order chi connectivity index (χ0) is 13.0. The SMILES string of the molecule is CCc1ccc(CN(C)Cc2ncn(C)n2)nc1. The van der Waals surface area contributed by atoms with Gasteiger partial charge < -0.3 is 0 Å². The Hall–Kier alpha value is -1.75. The molecule has 0 fully saturated rings. The second kappa shape index (κ2) is 5.73. The molecule has 2 heterocycles. The molecule has 0 saturated heterocycles. The smallest absolute Gasteiger partial charge is 0.164 e. The van der Waals surface area contributed by atoms with Crippen LogP contribution < -0.4 is 0 Å². The van der Waals surface area contributed by atoms with Crippen LogP contribution in [0.3, 0.4) is 0 Å². The molecule has 0 saturated carbocycles. The summed E-state index contributed by atoms with van der Waals surface area (Å²) < 4.78 is 1.72. The third kappa shape index (κ3) is 3.37. The average molecular weight is 245 g/mol. The van der Waals surface area contributed by atoms with Crippen LogP contribution in [0.1, 0.15) is 24.0 Å². The Kier molecular flexibility index (Phi) is 4.04. The lowest BCUT2D eigenvalue weighted by atomic mass is 10.2. The normalized spacial score (nSPS) is 11.1. The summed E-state index contributed by atoms with van der Waals surface area (Å²) in [5, 5.41) is 4.26. The van der Waals surface area contributed by atoms with Gasteiger partial charge in [0.2, 0.25) is 0 Å². The van der Waals surface area contributed by atoms with Crippen molar-refractivity contribution in [2.24, 2.45) is 7.05 Å². The molecule has 0 spiro atoms. The lowest BCUT2D eigenvalue weighted by molar-refractivity contribution is 0.306. The van der Waals surface area contributed by atoms with Gasteiger partial charge in [-0.15, -0.1) is 0 Å². The summed E-state index contributed by atoms with van der Waals surface area (Å²) in [6, 6.07) is 4.22. The molecule has 5 heteroatoms. The average Bonchev–Trinajstić information content (AvgIpc) is 2.75. The first kappa shape index (κ1) is 12.7. The van der Waals surface area contributed by atoms with Crippen LogP contribution in [0.5, 0.6) is 0 Å². The van der Waals surface area contributed by atoms with Gasteiger partial charge in [-0.25, -0.2) is 4.98 Å². The molecule has 2 aromatic rings. The van der Waals surface area contributed by atoms with Gasteiger partial charge in [0, 0.05) is 19.8 Å². The fourth-order valence-corrected chi connectivity index (χ4v) is 1.79. The topological polar surface area (TPSA) is 46.8 Å². The Bertz CT molecular complexity index is 488. The number of hydrogen-bond acceptors (Lipinski definition) is 4. The molecule has 2 aromatic heterocycles. The third-order valence-electron chi connectivity index (χ3n) is 2.78. The van der Waals surface area contributed by atoms with E-state index >= 15 is 0 Å². The number of rotatable bonds is 5. The van der Waals surface area contributed by atoms with Gasteiger partial charge in [-0.1, -0.05) is 13.0 Å². The van der Waals surface area contributed by atoms with Gasteiger partial charge in [0.15, 0.2) is 5.82 Å². The van der Waals surface area contributed by atoms with Crippen molar-refractivity contribution in [1.82, 2.24) is 24.6 Å². The van der Waals surface area contributed by atoms with Crippen LogP contribution in [-0.4, -0.2) is 31.7 Å². The first-order valence-electron chi connectivity index (χ1n) is 6.14. The van der Waals surface area contributed by atoms with Gasteiger partial charge in [0.1, 0.15) is 6.33 Å². The van der Waals surface area contributed by atoms with Crippen LogP contribution in [0, 0.1) is 0 Å². The molecule has 0 unspecified atom stereocenters. The summed E-state index contributed by atoms with van der Waals surface area (Å²) in [4.78, 5) is 10.8. The minimum atomic E-state index is 0.734. The lowest BCUT2D eigenvalue weighted by Gasteiger charge is -2.14. The number of pyridine rings is 1. The van der Waals surface area contributed by atoms with Crippen molar-refractivity contribution < 1.29 is 0 Å². The molecule has 96 valence electrons. The highest BCUT2D eigenvalue weighted by Crippen LogP contribution is 2.05. The van der Waals surface area contributed by atoms with Crippen molar-refractivity contribution in [2.45, 2.75) is 26.4 Å². The fraction of sp³-hybridized carbons (Fsp3) is 0.462. The van der Waals surface area contributed by atoms with Crippen molar-refractivity contribution in [1.29, 1.82) is 0 Å². The standard InChI is InChI=1S/C13H19N5/c1-4-11-5-6-12(14-7-11)8-17(2)9-13-15-10-18(3)16-13/h5-7,10H,4,8-9H2,1-3H3. The number of nitrogens with zero attached hydrogens (tertiary/aromatic N) is 5. The highest BCUT2D eigenvalue weighted by atomic mass is 15.3. The molecule has 0 amide bonds. The van der Waals surface area contributed by atoms with E-state index in [4.69, 9.17) is 0 Å². The van der Waals surface area contributed by atoms with Gasteiger partial charge in [0.05, 0.1) is 12.2 Å². The Morgan fingerprint density at radius 2 is 2.06 bits per heavy atom. The van der Waals surface area contributed by atoms with E-state index in [-0.39, 0.29) is 0 Å². The van der Waals surface area contributed by atoms with Crippen molar-refractivity contribution in [2.75, 3.05) is 7.05 Å². The summed E-state index contributed by atoms with van der Waals surface area (Å²) in [5.41, 5.74) is 2.35. The lowest BCUT2D eigenvalue weighted by Crippen LogP contribution is -2.19. The molecular weight excluding hydrogens is 226 g/mol. The van der Waals surface area contributed by atoms with E-state index in [1.807, 2.05) is 20.3 Å².